The fourth-order valence-corrected chi connectivity index (χ4v) is 8.35. The molecule has 0 spiro atoms. The van der Waals surface area contributed by atoms with Crippen LogP contribution in [0, 0.1) is 0 Å². The summed E-state index contributed by atoms with van der Waals surface area (Å²) < 4.78 is 30.0. The van der Waals surface area contributed by atoms with Crippen molar-refractivity contribution in [1.82, 2.24) is 0 Å². The maximum atomic E-state index is 10.5. The van der Waals surface area contributed by atoms with Crippen molar-refractivity contribution in [3.63, 3.8) is 0 Å². The highest BCUT2D eigenvalue weighted by molar-refractivity contribution is 9.11. The van der Waals surface area contributed by atoms with Crippen LogP contribution in [0.2, 0.25) is 0 Å². The minimum Gasteiger partial charge on any atom is -0.490 e. The van der Waals surface area contributed by atoms with E-state index in [2.05, 4.69) is 141 Å². The first-order valence-electron chi connectivity index (χ1n) is 13.9. The first-order chi connectivity index (χ1) is 22.1. The minimum absolute atomic E-state index is 0.0434. The summed E-state index contributed by atoms with van der Waals surface area (Å²) in [5.74, 6) is 2.41. The van der Waals surface area contributed by atoms with Crippen LogP contribution in [-0.2, 0) is 5.41 Å². The maximum Gasteiger partial charge on any atom is 0.134 e. The van der Waals surface area contributed by atoms with Gasteiger partial charge in [-0.1, -0.05) is 77.6 Å². The lowest BCUT2D eigenvalue weighted by molar-refractivity contribution is 0.0620. The SMILES string of the molecule is CC(C)(c1cc(Br)c(OCC(O)COc2cc(Br)ccc2Br)cc1Br)c1cc(Br)c(OCC(O)COc2cc(Br)ccc2Br)cc1Br. The third-order valence-electron chi connectivity index (χ3n) is 6.90. The molecule has 0 bridgehead atoms. The van der Waals surface area contributed by atoms with E-state index in [4.69, 9.17) is 18.9 Å². The molecule has 4 rings (SSSR count). The average Bonchev–Trinajstić information content (AvgIpc) is 3.02. The summed E-state index contributed by atoms with van der Waals surface area (Å²) in [6, 6.07) is 19.0. The van der Waals surface area contributed by atoms with Gasteiger partial charge in [-0.25, -0.2) is 0 Å². The molecular weight excluding hydrogens is 1130 g/mol. The van der Waals surface area contributed by atoms with Gasteiger partial charge in [0, 0.05) is 23.3 Å². The first-order valence-corrected chi connectivity index (χ1v) is 20.3. The van der Waals surface area contributed by atoms with Gasteiger partial charge < -0.3 is 29.2 Å². The second kappa shape index (κ2) is 17.9. The number of ether oxygens (including phenoxy) is 4. The van der Waals surface area contributed by atoms with Crippen LogP contribution in [0.1, 0.15) is 25.0 Å². The van der Waals surface area contributed by atoms with Gasteiger partial charge in [-0.3, -0.25) is 0 Å². The molecule has 2 N–H and O–H groups in total. The molecule has 0 aliphatic rings. The predicted molar refractivity (Wildman–Crippen MR) is 213 cm³/mol. The van der Waals surface area contributed by atoms with E-state index in [-0.39, 0.29) is 26.4 Å². The molecule has 0 aromatic heterocycles. The largest absolute Gasteiger partial charge is 0.490 e. The predicted octanol–water partition coefficient (Wildman–Crippen LogP) is 11.7. The van der Waals surface area contributed by atoms with Crippen molar-refractivity contribution < 1.29 is 29.2 Å². The highest BCUT2D eigenvalue weighted by Gasteiger charge is 2.30. The molecule has 0 amide bonds. The standard InChI is InChI=1S/C33H28Br8O6/c1-33(2,21-9-27(40)31(11-25(21)38)46-15-19(42)13-44-29-7-17(34)3-5-23(29)36)22-10-28(41)32(12-26(22)39)47-16-20(43)14-45-30-8-18(35)4-6-24(30)37/h3-12,19-20,42-43H,13-16H2,1-2H3. The Morgan fingerprint density at radius 2 is 0.787 bits per heavy atom. The third-order valence-corrected chi connectivity index (χ3v) is 11.7. The van der Waals surface area contributed by atoms with E-state index in [1.807, 2.05) is 60.7 Å². The van der Waals surface area contributed by atoms with Crippen LogP contribution in [0.4, 0.5) is 0 Å². The smallest absolute Gasteiger partial charge is 0.134 e. The fourth-order valence-electron chi connectivity index (χ4n) is 4.40. The normalized spacial score (nSPS) is 12.9. The molecule has 0 heterocycles. The van der Waals surface area contributed by atoms with Crippen molar-refractivity contribution in [3.05, 3.63) is 108 Å². The molecule has 4 aromatic carbocycles. The topological polar surface area (TPSA) is 77.4 Å². The Labute approximate surface area is 341 Å². The monoisotopic (exact) mass is 1150 g/mol. The van der Waals surface area contributed by atoms with Crippen molar-refractivity contribution in [1.29, 1.82) is 0 Å². The molecule has 0 saturated heterocycles. The number of rotatable bonds is 14. The number of aliphatic hydroxyl groups is 2. The quantitative estimate of drug-likeness (QED) is 0.131. The Balaban J connectivity index is 1.39. The Morgan fingerprint density at radius 1 is 0.468 bits per heavy atom. The second-order valence-corrected chi connectivity index (χ2v) is 17.8. The third kappa shape index (κ3) is 10.9. The molecule has 0 radical (unpaired) electrons. The van der Waals surface area contributed by atoms with E-state index in [1.165, 1.54) is 0 Å². The number of hydrogen-bond acceptors (Lipinski definition) is 6. The summed E-state index contributed by atoms with van der Waals surface area (Å²) in [5, 5.41) is 21.0. The van der Waals surface area contributed by atoms with Crippen molar-refractivity contribution in [3.8, 4) is 23.0 Å². The molecule has 0 aliphatic heterocycles. The molecule has 47 heavy (non-hydrogen) atoms. The van der Waals surface area contributed by atoms with Gasteiger partial charge in [0.05, 0.1) is 17.9 Å². The molecule has 0 fully saturated rings. The Hall–Kier alpha value is -0.160. The lowest BCUT2D eigenvalue weighted by atomic mass is 9.78. The van der Waals surface area contributed by atoms with Crippen molar-refractivity contribution >= 4 is 127 Å². The molecule has 4 aromatic rings. The maximum absolute atomic E-state index is 10.5. The number of hydrogen-bond donors (Lipinski definition) is 2. The number of aliphatic hydroxyl groups excluding tert-OH is 2. The zero-order chi connectivity index (χ0) is 34.5. The minimum atomic E-state index is -0.848. The second-order valence-electron chi connectivity index (χ2n) is 10.9. The van der Waals surface area contributed by atoms with Crippen molar-refractivity contribution in [2.24, 2.45) is 0 Å². The van der Waals surface area contributed by atoms with E-state index in [0.29, 0.717) is 23.0 Å². The van der Waals surface area contributed by atoms with Crippen LogP contribution in [0.25, 0.3) is 0 Å². The van der Waals surface area contributed by atoms with E-state index >= 15 is 0 Å². The van der Waals surface area contributed by atoms with Crippen LogP contribution in [0.15, 0.2) is 96.4 Å². The zero-order valence-electron chi connectivity index (χ0n) is 24.8. The first kappa shape index (κ1) is 39.6. The van der Waals surface area contributed by atoms with E-state index < -0.39 is 17.6 Å². The summed E-state index contributed by atoms with van der Waals surface area (Å²) in [5.41, 5.74) is 1.55. The van der Waals surface area contributed by atoms with Gasteiger partial charge in [0.25, 0.3) is 0 Å². The molecule has 2 atom stereocenters. The van der Waals surface area contributed by atoms with Gasteiger partial charge in [0.1, 0.15) is 61.6 Å². The van der Waals surface area contributed by atoms with Gasteiger partial charge in [0.15, 0.2) is 0 Å². The van der Waals surface area contributed by atoms with Crippen LogP contribution in [0.5, 0.6) is 23.0 Å². The summed E-state index contributed by atoms with van der Waals surface area (Å²) >= 11 is 28.6. The fraction of sp³-hybridized carbons (Fsp3) is 0.273. The van der Waals surface area contributed by atoms with Crippen molar-refractivity contribution in [2.75, 3.05) is 26.4 Å². The molecule has 6 nitrogen and oxygen atoms in total. The molecular formula is C33H28Br8O6. The van der Waals surface area contributed by atoms with Crippen LogP contribution in [-0.4, -0.2) is 48.8 Å². The summed E-state index contributed by atoms with van der Waals surface area (Å²) in [6.07, 6.45) is -1.70. The van der Waals surface area contributed by atoms with Gasteiger partial charge in [-0.15, -0.1) is 0 Å². The van der Waals surface area contributed by atoms with E-state index in [1.54, 1.807) is 0 Å². The summed E-state index contributed by atoms with van der Waals surface area (Å²) in [6.45, 7) is 4.46. The van der Waals surface area contributed by atoms with Gasteiger partial charge >= 0.3 is 0 Å². The van der Waals surface area contributed by atoms with Gasteiger partial charge in [-0.05, 0) is 136 Å². The lowest BCUT2D eigenvalue weighted by Crippen LogP contribution is -2.25. The lowest BCUT2D eigenvalue weighted by Gasteiger charge is -2.30. The van der Waals surface area contributed by atoms with Crippen LogP contribution < -0.4 is 18.9 Å². The highest BCUT2D eigenvalue weighted by atomic mass is 79.9. The van der Waals surface area contributed by atoms with Crippen LogP contribution >= 0.6 is 127 Å². The average molecular weight is 1160 g/mol. The molecule has 252 valence electrons. The molecule has 2 unspecified atom stereocenters. The summed E-state index contributed by atoms with van der Waals surface area (Å²) in [4.78, 5) is 0. The Bertz CT molecular complexity index is 1590. The van der Waals surface area contributed by atoms with Crippen LogP contribution in [0.3, 0.4) is 0 Å². The number of benzene rings is 4. The zero-order valence-corrected chi connectivity index (χ0v) is 37.5. The molecule has 0 aliphatic carbocycles. The Morgan fingerprint density at radius 3 is 1.13 bits per heavy atom. The highest BCUT2D eigenvalue weighted by Crippen LogP contribution is 2.45. The van der Waals surface area contributed by atoms with Crippen molar-refractivity contribution in [2.45, 2.75) is 31.5 Å². The van der Waals surface area contributed by atoms with E-state index in [0.717, 1.165) is 46.9 Å². The van der Waals surface area contributed by atoms with Gasteiger partial charge in [0.2, 0.25) is 0 Å². The summed E-state index contributed by atoms with van der Waals surface area (Å²) in [7, 11) is 0. The van der Waals surface area contributed by atoms with E-state index in [9.17, 15) is 10.2 Å². The molecule has 0 saturated carbocycles. The molecule has 14 heteroatoms. The Kier molecular flexibility index (Phi) is 15.1. The number of halogens is 8. The van der Waals surface area contributed by atoms with Gasteiger partial charge in [-0.2, -0.15) is 0 Å².